The lowest BCUT2D eigenvalue weighted by atomic mass is 10.1. The van der Waals surface area contributed by atoms with Gasteiger partial charge in [0.25, 0.3) is 0 Å². The number of nitrogens with one attached hydrogen (secondary N) is 1. The average molecular weight is 200 g/mol. The molecule has 1 aromatic carbocycles. The van der Waals surface area contributed by atoms with Crippen molar-refractivity contribution in [1.29, 1.82) is 0 Å². The first-order valence-corrected chi connectivity index (χ1v) is 4.63. The molecule has 0 amide bonds. The van der Waals surface area contributed by atoms with Crippen LogP contribution in [0.3, 0.4) is 0 Å². The number of aromatic nitrogens is 1. The van der Waals surface area contributed by atoms with Crippen LogP contribution in [0.2, 0.25) is 0 Å². The molecule has 0 radical (unpaired) electrons. The second-order valence-electron chi connectivity index (χ2n) is 3.14. The Bertz CT molecular complexity index is 499. The molecule has 4 heteroatoms. The second kappa shape index (κ2) is 3.96. The van der Waals surface area contributed by atoms with Gasteiger partial charge in [-0.1, -0.05) is 12.1 Å². The van der Waals surface area contributed by atoms with Crippen LogP contribution in [-0.4, -0.2) is 18.0 Å². The summed E-state index contributed by atoms with van der Waals surface area (Å²) in [7, 11) is 1.64. The van der Waals surface area contributed by atoms with Crippen LogP contribution in [0.5, 0.6) is 0 Å². The van der Waals surface area contributed by atoms with Crippen LogP contribution in [0.15, 0.2) is 41.7 Å². The van der Waals surface area contributed by atoms with Gasteiger partial charge in [-0.15, -0.1) is 0 Å². The molecule has 0 saturated heterocycles. The molecule has 0 aliphatic heterocycles. The minimum atomic E-state index is 0.395. The lowest BCUT2D eigenvalue weighted by Crippen LogP contribution is -2.22. The maximum atomic E-state index is 5.61. The standard InChI is InChI=1S/C11H12N4/c1-13-11(12)15-10-4-2-3-8-5-6-14-7-9(8)10/h2-7H,1H3,(H3,12,13,15). The van der Waals surface area contributed by atoms with Gasteiger partial charge in [0.2, 0.25) is 0 Å². The third-order valence-corrected chi connectivity index (χ3v) is 2.19. The minimum Gasteiger partial charge on any atom is -0.370 e. The van der Waals surface area contributed by atoms with Crippen LogP contribution < -0.4 is 11.1 Å². The van der Waals surface area contributed by atoms with E-state index in [0.717, 1.165) is 16.5 Å². The Morgan fingerprint density at radius 1 is 1.40 bits per heavy atom. The maximum Gasteiger partial charge on any atom is 0.192 e. The number of pyridine rings is 1. The number of aliphatic imine (C=N–C) groups is 1. The molecule has 1 aromatic heterocycles. The summed E-state index contributed by atoms with van der Waals surface area (Å²) in [5.74, 6) is 0.395. The Kier molecular flexibility index (Phi) is 2.49. The molecule has 0 aliphatic rings. The van der Waals surface area contributed by atoms with Crippen LogP contribution in [0, 0.1) is 0 Å². The van der Waals surface area contributed by atoms with Gasteiger partial charge in [0.1, 0.15) is 0 Å². The van der Waals surface area contributed by atoms with Gasteiger partial charge in [-0.05, 0) is 17.5 Å². The second-order valence-corrected chi connectivity index (χ2v) is 3.14. The highest BCUT2D eigenvalue weighted by Gasteiger charge is 2.00. The van der Waals surface area contributed by atoms with Gasteiger partial charge in [-0.3, -0.25) is 9.98 Å². The normalized spacial score (nSPS) is 11.7. The number of guanidine groups is 1. The molecule has 0 saturated carbocycles. The molecule has 15 heavy (non-hydrogen) atoms. The zero-order valence-corrected chi connectivity index (χ0v) is 8.44. The van der Waals surface area contributed by atoms with Gasteiger partial charge in [0.15, 0.2) is 5.96 Å². The van der Waals surface area contributed by atoms with Gasteiger partial charge < -0.3 is 11.1 Å². The lowest BCUT2D eigenvalue weighted by molar-refractivity contribution is 1.36. The van der Waals surface area contributed by atoms with E-state index in [9.17, 15) is 0 Å². The van der Waals surface area contributed by atoms with E-state index in [4.69, 9.17) is 5.73 Å². The Morgan fingerprint density at radius 3 is 3.07 bits per heavy atom. The molecule has 3 N–H and O–H groups in total. The first-order chi connectivity index (χ1) is 7.31. The van der Waals surface area contributed by atoms with Crippen molar-refractivity contribution in [3.63, 3.8) is 0 Å². The van der Waals surface area contributed by atoms with Gasteiger partial charge in [-0.2, -0.15) is 0 Å². The first-order valence-electron chi connectivity index (χ1n) is 4.63. The summed E-state index contributed by atoms with van der Waals surface area (Å²) in [5, 5.41) is 5.18. The van der Waals surface area contributed by atoms with E-state index in [2.05, 4.69) is 15.3 Å². The molecule has 0 atom stereocenters. The molecule has 2 rings (SSSR count). The number of hydrogen-bond acceptors (Lipinski definition) is 2. The van der Waals surface area contributed by atoms with Crippen molar-refractivity contribution in [2.24, 2.45) is 10.7 Å². The number of anilines is 1. The quantitative estimate of drug-likeness (QED) is 0.542. The summed E-state index contributed by atoms with van der Waals surface area (Å²) < 4.78 is 0. The Labute approximate surface area is 87.8 Å². The molecular weight excluding hydrogens is 188 g/mol. The van der Waals surface area contributed by atoms with Crippen LogP contribution >= 0.6 is 0 Å². The summed E-state index contributed by atoms with van der Waals surface area (Å²) in [5.41, 5.74) is 6.53. The highest BCUT2D eigenvalue weighted by molar-refractivity contribution is 6.02. The molecule has 0 bridgehead atoms. The van der Waals surface area contributed by atoms with E-state index in [1.807, 2.05) is 24.3 Å². The molecule has 0 fully saturated rings. The van der Waals surface area contributed by atoms with Crippen LogP contribution in [0.4, 0.5) is 5.69 Å². The molecule has 76 valence electrons. The SMILES string of the molecule is CN=C(N)Nc1cccc2ccncc12. The van der Waals surface area contributed by atoms with Gasteiger partial charge in [0, 0.05) is 24.8 Å². The summed E-state index contributed by atoms with van der Waals surface area (Å²) in [6.45, 7) is 0. The Balaban J connectivity index is 2.51. The fourth-order valence-corrected chi connectivity index (χ4v) is 1.42. The van der Waals surface area contributed by atoms with E-state index in [-0.39, 0.29) is 0 Å². The van der Waals surface area contributed by atoms with Crippen LogP contribution in [0.25, 0.3) is 10.8 Å². The zero-order valence-electron chi connectivity index (χ0n) is 8.44. The smallest absolute Gasteiger partial charge is 0.192 e. The van der Waals surface area contributed by atoms with E-state index in [0.29, 0.717) is 5.96 Å². The van der Waals surface area contributed by atoms with E-state index in [1.54, 1.807) is 19.4 Å². The number of nitrogens with two attached hydrogens (primary N) is 1. The van der Waals surface area contributed by atoms with E-state index in [1.165, 1.54) is 0 Å². The Morgan fingerprint density at radius 2 is 2.27 bits per heavy atom. The fraction of sp³-hybridized carbons (Fsp3) is 0.0909. The summed E-state index contributed by atoms with van der Waals surface area (Å²) in [6, 6.07) is 7.90. The minimum absolute atomic E-state index is 0.395. The summed E-state index contributed by atoms with van der Waals surface area (Å²) in [4.78, 5) is 7.94. The third-order valence-electron chi connectivity index (χ3n) is 2.19. The van der Waals surface area contributed by atoms with Gasteiger partial charge in [-0.25, -0.2) is 0 Å². The number of rotatable bonds is 1. The molecule has 0 unspecified atom stereocenters. The molecule has 4 nitrogen and oxygen atoms in total. The highest BCUT2D eigenvalue weighted by atomic mass is 15.1. The van der Waals surface area contributed by atoms with Crippen molar-refractivity contribution >= 4 is 22.4 Å². The maximum absolute atomic E-state index is 5.61. The Hall–Kier alpha value is -2.10. The van der Waals surface area contributed by atoms with Crippen molar-refractivity contribution in [2.45, 2.75) is 0 Å². The summed E-state index contributed by atoms with van der Waals surface area (Å²) in [6.07, 6.45) is 3.57. The van der Waals surface area contributed by atoms with Crippen molar-refractivity contribution in [3.05, 3.63) is 36.7 Å². The topological polar surface area (TPSA) is 63.3 Å². The summed E-state index contributed by atoms with van der Waals surface area (Å²) >= 11 is 0. The molecule has 1 heterocycles. The van der Waals surface area contributed by atoms with Gasteiger partial charge in [0.05, 0.1) is 5.69 Å². The van der Waals surface area contributed by atoms with Crippen molar-refractivity contribution < 1.29 is 0 Å². The molecule has 2 aromatic rings. The average Bonchev–Trinajstić information content (AvgIpc) is 2.29. The largest absolute Gasteiger partial charge is 0.370 e. The van der Waals surface area contributed by atoms with Crippen LogP contribution in [-0.2, 0) is 0 Å². The van der Waals surface area contributed by atoms with Crippen molar-refractivity contribution in [3.8, 4) is 0 Å². The molecule has 0 aliphatic carbocycles. The predicted octanol–water partition coefficient (Wildman–Crippen LogP) is 1.59. The predicted molar refractivity (Wildman–Crippen MR) is 62.9 cm³/mol. The van der Waals surface area contributed by atoms with Crippen molar-refractivity contribution in [2.75, 3.05) is 12.4 Å². The fourth-order valence-electron chi connectivity index (χ4n) is 1.42. The highest BCUT2D eigenvalue weighted by Crippen LogP contribution is 2.21. The molecule has 0 spiro atoms. The first kappa shape index (κ1) is 9.45. The van der Waals surface area contributed by atoms with E-state index >= 15 is 0 Å². The van der Waals surface area contributed by atoms with Crippen LogP contribution in [0.1, 0.15) is 0 Å². The number of hydrogen-bond donors (Lipinski definition) is 2. The number of benzene rings is 1. The number of fused-ring (bicyclic) bond motifs is 1. The molecular formula is C11H12N4. The third kappa shape index (κ3) is 1.88. The zero-order chi connectivity index (χ0) is 10.7. The lowest BCUT2D eigenvalue weighted by Gasteiger charge is -2.07. The van der Waals surface area contributed by atoms with Gasteiger partial charge >= 0.3 is 0 Å². The van der Waals surface area contributed by atoms with Crippen molar-refractivity contribution in [1.82, 2.24) is 4.98 Å². The number of nitrogens with zero attached hydrogens (tertiary/aromatic N) is 2. The monoisotopic (exact) mass is 200 g/mol. The van der Waals surface area contributed by atoms with E-state index < -0.39 is 0 Å².